The first kappa shape index (κ1) is 16.3. The number of para-hydroxylation sites is 1. The van der Waals surface area contributed by atoms with Crippen molar-refractivity contribution in [2.45, 2.75) is 12.8 Å². The zero-order valence-electron chi connectivity index (χ0n) is 12.1. The molecule has 0 saturated carbocycles. The number of benzene rings is 1. The van der Waals surface area contributed by atoms with E-state index in [0.29, 0.717) is 0 Å². The van der Waals surface area contributed by atoms with E-state index in [-0.39, 0.29) is 11.5 Å². The molecule has 0 unspecified atom stereocenters. The van der Waals surface area contributed by atoms with Crippen LogP contribution in [0.15, 0.2) is 48.7 Å². The van der Waals surface area contributed by atoms with E-state index in [2.05, 4.69) is 15.7 Å². The van der Waals surface area contributed by atoms with Crippen LogP contribution in [0.25, 0.3) is 0 Å². The Bertz CT molecular complexity index is 708. The molecule has 0 atom stereocenters. The first-order valence-electron chi connectivity index (χ1n) is 6.63. The van der Waals surface area contributed by atoms with Crippen LogP contribution in [0, 0.1) is 0 Å². The van der Waals surface area contributed by atoms with Crippen molar-refractivity contribution >= 4 is 23.3 Å². The highest BCUT2D eigenvalue weighted by Crippen LogP contribution is 2.33. The molecule has 6 nitrogen and oxygen atoms in total. The van der Waals surface area contributed by atoms with E-state index < -0.39 is 23.3 Å². The minimum absolute atomic E-state index is 0.127. The number of halogens is 2. The Labute approximate surface area is 130 Å². The lowest BCUT2D eigenvalue weighted by Crippen LogP contribution is -2.41. The number of hydrazine groups is 1. The van der Waals surface area contributed by atoms with Crippen LogP contribution < -0.4 is 16.2 Å². The third kappa shape index (κ3) is 4.00. The quantitative estimate of drug-likeness (QED) is 0.738. The number of alkyl halides is 2. The first-order chi connectivity index (χ1) is 10.9. The fourth-order valence-electron chi connectivity index (χ4n) is 1.81. The molecule has 2 rings (SSSR count). The summed E-state index contributed by atoms with van der Waals surface area (Å²) in [6.07, 6.45) is 1.44. The molecule has 2 aromatic rings. The van der Waals surface area contributed by atoms with Crippen molar-refractivity contribution in [3.05, 3.63) is 54.2 Å². The van der Waals surface area contributed by atoms with Crippen LogP contribution >= 0.6 is 0 Å². The van der Waals surface area contributed by atoms with Crippen molar-refractivity contribution in [3.8, 4) is 0 Å². The topological polar surface area (TPSA) is 83.1 Å². The van der Waals surface area contributed by atoms with Gasteiger partial charge in [-0.3, -0.25) is 20.4 Å². The van der Waals surface area contributed by atoms with Gasteiger partial charge in [-0.25, -0.2) is 4.98 Å². The van der Waals surface area contributed by atoms with E-state index in [4.69, 9.17) is 0 Å². The molecule has 8 heteroatoms. The second kappa shape index (κ2) is 6.82. The third-order valence-electron chi connectivity index (χ3n) is 2.83. The predicted molar refractivity (Wildman–Crippen MR) is 80.6 cm³/mol. The number of hydrogen-bond donors (Lipinski definition) is 3. The average Bonchev–Trinajstić information content (AvgIpc) is 2.53. The van der Waals surface area contributed by atoms with Crippen LogP contribution in [-0.4, -0.2) is 16.8 Å². The summed E-state index contributed by atoms with van der Waals surface area (Å²) >= 11 is 0. The molecule has 0 spiro atoms. The standard InChI is InChI=1S/C15H14F2N4O2/c1-10(22)19-12-7-3-2-6-11(12)15(16,17)14(23)21-20-13-8-4-5-9-18-13/h2-9H,1H3,(H,18,20)(H,19,22)(H,21,23). The number of hydrogen-bond acceptors (Lipinski definition) is 4. The van der Waals surface area contributed by atoms with Crippen molar-refractivity contribution in [1.82, 2.24) is 10.4 Å². The molecule has 120 valence electrons. The van der Waals surface area contributed by atoms with E-state index in [1.165, 1.54) is 37.4 Å². The Hall–Kier alpha value is -3.03. The van der Waals surface area contributed by atoms with Gasteiger partial charge in [0.15, 0.2) is 0 Å². The van der Waals surface area contributed by atoms with Crippen molar-refractivity contribution in [2.75, 3.05) is 10.7 Å². The van der Waals surface area contributed by atoms with E-state index in [1.807, 2.05) is 5.43 Å². The minimum Gasteiger partial charge on any atom is -0.326 e. The number of rotatable bonds is 5. The molecule has 0 radical (unpaired) electrons. The molecule has 23 heavy (non-hydrogen) atoms. The van der Waals surface area contributed by atoms with Gasteiger partial charge < -0.3 is 5.32 Å². The van der Waals surface area contributed by atoms with E-state index in [1.54, 1.807) is 12.1 Å². The van der Waals surface area contributed by atoms with Crippen LogP contribution in [0.5, 0.6) is 0 Å². The zero-order chi connectivity index (χ0) is 16.9. The summed E-state index contributed by atoms with van der Waals surface area (Å²) < 4.78 is 28.7. The average molecular weight is 320 g/mol. The van der Waals surface area contributed by atoms with Crippen molar-refractivity contribution in [3.63, 3.8) is 0 Å². The van der Waals surface area contributed by atoms with Gasteiger partial charge in [0.05, 0.1) is 11.3 Å². The Morgan fingerprint density at radius 2 is 1.78 bits per heavy atom. The molecule has 1 aromatic heterocycles. The molecule has 0 aliphatic rings. The van der Waals surface area contributed by atoms with Crippen molar-refractivity contribution < 1.29 is 18.4 Å². The molecule has 0 fully saturated rings. The molecular formula is C15H14F2N4O2. The van der Waals surface area contributed by atoms with E-state index >= 15 is 0 Å². The lowest BCUT2D eigenvalue weighted by Gasteiger charge is -2.19. The summed E-state index contributed by atoms with van der Waals surface area (Å²) in [4.78, 5) is 26.7. The summed E-state index contributed by atoms with van der Waals surface area (Å²) in [5.41, 5.74) is 3.48. The van der Waals surface area contributed by atoms with Gasteiger partial charge >= 0.3 is 11.8 Å². The molecule has 1 aromatic carbocycles. The summed E-state index contributed by atoms with van der Waals surface area (Å²) in [5.74, 6) is -5.71. The highest BCUT2D eigenvalue weighted by molar-refractivity contribution is 5.93. The number of nitrogens with one attached hydrogen (secondary N) is 3. The smallest absolute Gasteiger partial charge is 0.326 e. The molecule has 2 amide bonds. The summed E-state index contributed by atoms with van der Waals surface area (Å²) in [6, 6.07) is 9.99. The maximum Gasteiger partial charge on any atom is 0.353 e. The van der Waals surface area contributed by atoms with Crippen LogP contribution in [0.3, 0.4) is 0 Å². The molecule has 0 aliphatic carbocycles. The van der Waals surface area contributed by atoms with E-state index in [0.717, 1.165) is 6.07 Å². The third-order valence-corrected chi connectivity index (χ3v) is 2.83. The molecule has 0 saturated heterocycles. The highest BCUT2D eigenvalue weighted by Gasteiger charge is 2.43. The van der Waals surface area contributed by atoms with Gasteiger partial charge in [0.2, 0.25) is 5.91 Å². The number of amides is 2. The van der Waals surface area contributed by atoms with Gasteiger partial charge in [-0.05, 0) is 18.2 Å². The number of pyridine rings is 1. The largest absolute Gasteiger partial charge is 0.353 e. The Morgan fingerprint density at radius 3 is 2.43 bits per heavy atom. The number of anilines is 2. The van der Waals surface area contributed by atoms with Gasteiger partial charge in [0.25, 0.3) is 0 Å². The summed E-state index contributed by atoms with van der Waals surface area (Å²) in [5, 5.41) is 2.28. The SMILES string of the molecule is CC(=O)Nc1ccccc1C(F)(F)C(=O)NNc1ccccn1. The second-order valence-electron chi connectivity index (χ2n) is 4.60. The fraction of sp³-hybridized carbons (Fsp3) is 0.133. The summed E-state index contributed by atoms with van der Waals surface area (Å²) in [7, 11) is 0. The summed E-state index contributed by atoms with van der Waals surface area (Å²) in [6.45, 7) is 1.19. The van der Waals surface area contributed by atoms with Gasteiger partial charge in [-0.1, -0.05) is 24.3 Å². The Morgan fingerprint density at radius 1 is 1.09 bits per heavy atom. The number of carbonyl (C=O) groups excluding carboxylic acids is 2. The molecule has 0 bridgehead atoms. The zero-order valence-corrected chi connectivity index (χ0v) is 12.1. The molecule has 1 heterocycles. The minimum atomic E-state index is -3.85. The normalized spacial score (nSPS) is 10.7. The number of nitrogens with zero attached hydrogens (tertiary/aromatic N) is 1. The van der Waals surface area contributed by atoms with Crippen LogP contribution in [0.4, 0.5) is 20.3 Å². The second-order valence-corrected chi connectivity index (χ2v) is 4.60. The first-order valence-corrected chi connectivity index (χ1v) is 6.63. The Balaban J connectivity index is 2.17. The lowest BCUT2D eigenvalue weighted by molar-refractivity contribution is -0.146. The van der Waals surface area contributed by atoms with Crippen LogP contribution in [0.1, 0.15) is 12.5 Å². The Kier molecular flexibility index (Phi) is 4.85. The fourth-order valence-corrected chi connectivity index (χ4v) is 1.81. The lowest BCUT2D eigenvalue weighted by atomic mass is 10.1. The van der Waals surface area contributed by atoms with Crippen LogP contribution in [-0.2, 0) is 15.5 Å². The number of aromatic nitrogens is 1. The maximum absolute atomic E-state index is 14.3. The van der Waals surface area contributed by atoms with Gasteiger partial charge in [-0.15, -0.1) is 0 Å². The van der Waals surface area contributed by atoms with Gasteiger partial charge in [0, 0.05) is 13.1 Å². The molecule has 0 aliphatic heterocycles. The number of carbonyl (C=O) groups is 2. The highest BCUT2D eigenvalue weighted by atomic mass is 19.3. The monoisotopic (exact) mass is 320 g/mol. The molecule has 3 N–H and O–H groups in total. The van der Waals surface area contributed by atoms with Crippen molar-refractivity contribution in [2.24, 2.45) is 0 Å². The van der Waals surface area contributed by atoms with E-state index in [9.17, 15) is 18.4 Å². The maximum atomic E-state index is 14.3. The van der Waals surface area contributed by atoms with Gasteiger partial charge in [0.1, 0.15) is 5.82 Å². The van der Waals surface area contributed by atoms with Crippen LogP contribution in [0.2, 0.25) is 0 Å². The molecular weight excluding hydrogens is 306 g/mol. The van der Waals surface area contributed by atoms with Gasteiger partial charge in [-0.2, -0.15) is 8.78 Å². The van der Waals surface area contributed by atoms with Crippen molar-refractivity contribution in [1.29, 1.82) is 0 Å². The predicted octanol–water partition coefficient (Wildman–Crippen LogP) is 2.28.